The topological polar surface area (TPSA) is 42.7 Å². The van der Waals surface area contributed by atoms with Crippen molar-refractivity contribution in [1.82, 2.24) is 15.0 Å². The van der Waals surface area contributed by atoms with Gasteiger partial charge in [0.05, 0.1) is 18.4 Å². The molecule has 1 aromatic heterocycles. The molecular weight excluding hydrogens is 224 g/mol. The first-order valence-corrected chi connectivity index (χ1v) is 5.39. The molecule has 0 aliphatic rings. The fraction of sp³-hybridized carbons (Fsp3) is 0.273. The highest BCUT2D eigenvalue weighted by Gasteiger charge is 2.03. The molecule has 0 spiro atoms. The second-order valence-electron chi connectivity index (χ2n) is 3.61. The van der Waals surface area contributed by atoms with Gasteiger partial charge in [0.15, 0.2) is 0 Å². The van der Waals surface area contributed by atoms with E-state index < -0.39 is 0 Å². The van der Waals surface area contributed by atoms with Crippen LogP contribution < -0.4 is 5.32 Å². The summed E-state index contributed by atoms with van der Waals surface area (Å²) in [5, 5.41) is 11.8. The molecule has 2 rings (SSSR count). The van der Waals surface area contributed by atoms with Crippen molar-refractivity contribution < 1.29 is 0 Å². The minimum atomic E-state index is 0.685. The molecule has 84 valence electrons. The standard InChI is InChI=1S/C11H13ClN4/c1-8-10(12)4-3-5-11(8)13-6-9-7-14-15-16(9)2/h3-5,7,13H,6H2,1-2H3. The second-order valence-corrected chi connectivity index (χ2v) is 4.02. The van der Waals surface area contributed by atoms with Crippen LogP contribution in [0.15, 0.2) is 24.4 Å². The third-order valence-electron chi connectivity index (χ3n) is 2.54. The van der Waals surface area contributed by atoms with Gasteiger partial charge in [-0.3, -0.25) is 4.68 Å². The van der Waals surface area contributed by atoms with Gasteiger partial charge in [0.25, 0.3) is 0 Å². The number of hydrogen-bond donors (Lipinski definition) is 1. The smallest absolute Gasteiger partial charge is 0.0774 e. The molecule has 4 nitrogen and oxygen atoms in total. The van der Waals surface area contributed by atoms with E-state index in [2.05, 4.69) is 15.6 Å². The Morgan fingerprint density at radius 3 is 2.94 bits per heavy atom. The number of anilines is 1. The normalized spacial score (nSPS) is 10.4. The minimum absolute atomic E-state index is 0.685. The summed E-state index contributed by atoms with van der Waals surface area (Å²) in [6.45, 7) is 2.68. The quantitative estimate of drug-likeness (QED) is 0.890. The van der Waals surface area contributed by atoms with E-state index >= 15 is 0 Å². The largest absolute Gasteiger partial charge is 0.379 e. The number of hydrogen-bond acceptors (Lipinski definition) is 3. The van der Waals surface area contributed by atoms with Gasteiger partial charge >= 0.3 is 0 Å². The van der Waals surface area contributed by atoms with Crippen LogP contribution >= 0.6 is 11.6 Å². The summed E-state index contributed by atoms with van der Waals surface area (Å²) in [5.41, 5.74) is 3.12. The maximum absolute atomic E-state index is 6.04. The molecule has 0 saturated heterocycles. The zero-order valence-electron chi connectivity index (χ0n) is 9.24. The Labute approximate surface area is 99.2 Å². The molecule has 16 heavy (non-hydrogen) atoms. The predicted molar refractivity (Wildman–Crippen MR) is 64.5 cm³/mol. The molecule has 0 unspecified atom stereocenters. The summed E-state index contributed by atoms with van der Waals surface area (Å²) in [6.07, 6.45) is 1.74. The number of aromatic nitrogens is 3. The van der Waals surface area contributed by atoms with Crippen molar-refractivity contribution in [3.8, 4) is 0 Å². The average Bonchev–Trinajstić information content (AvgIpc) is 2.67. The average molecular weight is 237 g/mol. The van der Waals surface area contributed by atoms with Crippen LogP contribution in [0.5, 0.6) is 0 Å². The van der Waals surface area contributed by atoms with Crippen molar-refractivity contribution in [3.63, 3.8) is 0 Å². The Balaban J connectivity index is 2.11. The molecule has 0 bridgehead atoms. The third kappa shape index (κ3) is 2.17. The molecule has 0 aliphatic heterocycles. The summed E-state index contributed by atoms with van der Waals surface area (Å²) in [4.78, 5) is 0. The van der Waals surface area contributed by atoms with Gasteiger partial charge in [-0.05, 0) is 24.6 Å². The summed E-state index contributed by atoms with van der Waals surface area (Å²) < 4.78 is 1.74. The molecule has 1 heterocycles. The van der Waals surface area contributed by atoms with Gasteiger partial charge in [-0.25, -0.2) is 0 Å². The van der Waals surface area contributed by atoms with Crippen molar-refractivity contribution in [2.24, 2.45) is 7.05 Å². The molecule has 1 aromatic carbocycles. The highest BCUT2D eigenvalue weighted by atomic mass is 35.5. The fourth-order valence-electron chi connectivity index (χ4n) is 1.46. The van der Waals surface area contributed by atoms with Crippen LogP contribution in [0.3, 0.4) is 0 Å². The first-order valence-electron chi connectivity index (χ1n) is 5.01. The molecule has 0 radical (unpaired) electrons. The molecular formula is C11H13ClN4. The summed E-state index contributed by atoms with van der Waals surface area (Å²) in [7, 11) is 1.87. The van der Waals surface area contributed by atoms with Crippen LogP contribution in [0, 0.1) is 6.92 Å². The maximum atomic E-state index is 6.04. The Morgan fingerprint density at radius 1 is 1.44 bits per heavy atom. The van der Waals surface area contributed by atoms with Crippen LogP contribution in [0.1, 0.15) is 11.3 Å². The third-order valence-corrected chi connectivity index (χ3v) is 2.95. The lowest BCUT2D eigenvalue weighted by molar-refractivity contribution is 0.683. The van der Waals surface area contributed by atoms with Gasteiger partial charge in [0.1, 0.15) is 0 Å². The van der Waals surface area contributed by atoms with E-state index in [1.54, 1.807) is 10.9 Å². The summed E-state index contributed by atoms with van der Waals surface area (Å²) >= 11 is 6.04. The Kier molecular flexibility index (Phi) is 3.10. The summed E-state index contributed by atoms with van der Waals surface area (Å²) in [6, 6.07) is 5.82. The zero-order valence-corrected chi connectivity index (χ0v) is 9.99. The number of benzene rings is 1. The van der Waals surface area contributed by atoms with Gasteiger partial charge < -0.3 is 5.32 Å². The molecule has 0 atom stereocenters. The Bertz CT molecular complexity index is 492. The van der Waals surface area contributed by atoms with E-state index in [4.69, 9.17) is 11.6 Å². The number of aryl methyl sites for hydroxylation is 1. The lowest BCUT2D eigenvalue weighted by atomic mass is 10.2. The Hall–Kier alpha value is -1.55. The molecule has 1 N–H and O–H groups in total. The monoisotopic (exact) mass is 236 g/mol. The van der Waals surface area contributed by atoms with Gasteiger partial charge in [-0.2, -0.15) is 0 Å². The molecule has 0 saturated carbocycles. The molecule has 2 aromatic rings. The van der Waals surface area contributed by atoms with Crippen molar-refractivity contribution in [1.29, 1.82) is 0 Å². The SMILES string of the molecule is Cc1c(Cl)cccc1NCc1cnnn1C. The second kappa shape index (κ2) is 4.53. The Morgan fingerprint density at radius 2 is 2.25 bits per heavy atom. The van der Waals surface area contributed by atoms with E-state index in [0.29, 0.717) is 6.54 Å². The van der Waals surface area contributed by atoms with Gasteiger partial charge in [-0.15, -0.1) is 5.10 Å². The van der Waals surface area contributed by atoms with Gasteiger partial charge in [0, 0.05) is 17.8 Å². The van der Waals surface area contributed by atoms with Gasteiger partial charge in [-0.1, -0.05) is 22.9 Å². The minimum Gasteiger partial charge on any atom is -0.379 e. The van der Waals surface area contributed by atoms with E-state index in [-0.39, 0.29) is 0 Å². The first kappa shape index (κ1) is 11.0. The lowest BCUT2D eigenvalue weighted by Crippen LogP contribution is -2.06. The highest BCUT2D eigenvalue weighted by molar-refractivity contribution is 6.31. The first-order chi connectivity index (χ1) is 7.68. The fourth-order valence-corrected chi connectivity index (χ4v) is 1.63. The molecule has 0 aliphatic carbocycles. The molecule has 0 fully saturated rings. The lowest BCUT2D eigenvalue weighted by Gasteiger charge is -2.10. The van der Waals surface area contributed by atoms with Gasteiger partial charge in [0.2, 0.25) is 0 Å². The van der Waals surface area contributed by atoms with E-state index in [9.17, 15) is 0 Å². The number of nitrogens with one attached hydrogen (secondary N) is 1. The van der Waals surface area contributed by atoms with Crippen LogP contribution in [-0.2, 0) is 13.6 Å². The van der Waals surface area contributed by atoms with E-state index in [1.165, 1.54) is 0 Å². The van der Waals surface area contributed by atoms with Crippen molar-refractivity contribution >= 4 is 17.3 Å². The molecule has 0 amide bonds. The van der Waals surface area contributed by atoms with Crippen LogP contribution in [0.25, 0.3) is 0 Å². The zero-order chi connectivity index (χ0) is 11.5. The number of nitrogens with zero attached hydrogens (tertiary/aromatic N) is 3. The van der Waals surface area contributed by atoms with Crippen LogP contribution in [0.2, 0.25) is 5.02 Å². The summed E-state index contributed by atoms with van der Waals surface area (Å²) in [5.74, 6) is 0. The van der Waals surface area contributed by atoms with Crippen molar-refractivity contribution in [2.45, 2.75) is 13.5 Å². The van der Waals surface area contributed by atoms with E-state index in [0.717, 1.165) is 22.0 Å². The predicted octanol–water partition coefficient (Wildman–Crippen LogP) is 2.39. The highest BCUT2D eigenvalue weighted by Crippen LogP contribution is 2.23. The maximum Gasteiger partial charge on any atom is 0.0774 e. The van der Waals surface area contributed by atoms with Crippen molar-refractivity contribution in [2.75, 3.05) is 5.32 Å². The van der Waals surface area contributed by atoms with Crippen LogP contribution in [0.4, 0.5) is 5.69 Å². The molecule has 5 heteroatoms. The van der Waals surface area contributed by atoms with E-state index in [1.807, 2.05) is 32.2 Å². The number of halogens is 1. The number of rotatable bonds is 3. The van der Waals surface area contributed by atoms with Crippen LogP contribution in [-0.4, -0.2) is 15.0 Å². The van der Waals surface area contributed by atoms with Crippen molar-refractivity contribution in [3.05, 3.63) is 40.7 Å².